The van der Waals surface area contributed by atoms with Crippen molar-refractivity contribution in [2.45, 2.75) is 33.1 Å². The Morgan fingerprint density at radius 1 is 1.47 bits per heavy atom. The highest BCUT2D eigenvalue weighted by Crippen LogP contribution is 2.28. The number of ether oxygens (including phenoxy) is 1. The summed E-state index contributed by atoms with van der Waals surface area (Å²) in [6, 6.07) is 5.56. The quantitative estimate of drug-likeness (QED) is 0.918. The molecule has 0 aliphatic carbocycles. The van der Waals surface area contributed by atoms with Gasteiger partial charge in [0.15, 0.2) is 5.82 Å². The van der Waals surface area contributed by atoms with Crippen LogP contribution in [0.3, 0.4) is 0 Å². The van der Waals surface area contributed by atoms with Crippen molar-refractivity contribution in [3.63, 3.8) is 0 Å². The fourth-order valence-electron chi connectivity index (χ4n) is 1.78. The van der Waals surface area contributed by atoms with Gasteiger partial charge < -0.3 is 9.84 Å². The highest BCUT2D eigenvalue weighted by atomic mass is 79.9. The van der Waals surface area contributed by atoms with Crippen molar-refractivity contribution in [1.29, 1.82) is 0 Å². The van der Waals surface area contributed by atoms with E-state index in [4.69, 9.17) is 4.74 Å². The standard InChI is InChI=1S/C13H16BrN3O2/c1-3-17-13(15-8-16-17)7-19-12-5-4-10(14)6-11(12)9(2)18/h4-6,8-9,18H,3,7H2,1-2H3. The Bertz CT molecular complexity index is 555. The lowest BCUT2D eigenvalue weighted by atomic mass is 10.1. The van der Waals surface area contributed by atoms with Gasteiger partial charge in [-0.1, -0.05) is 15.9 Å². The number of aryl methyl sites for hydroxylation is 1. The monoisotopic (exact) mass is 325 g/mol. The lowest BCUT2D eigenvalue weighted by molar-refractivity contribution is 0.189. The topological polar surface area (TPSA) is 60.2 Å². The zero-order valence-electron chi connectivity index (χ0n) is 10.9. The van der Waals surface area contributed by atoms with Gasteiger partial charge in [-0.05, 0) is 32.0 Å². The van der Waals surface area contributed by atoms with Gasteiger partial charge in [0.1, 0.15) is 18.7 Å². The second-order valence-electron chi connectivity index (χ2n) is 4.14. The van der Waals surface area contributed by atoms with E-state index in [-0.39, 0.29) is 0 Å². The average molecular weight is 326 g/mol. The number of aliphatic hydroxyl groups excluding tert-OH is 1. The second kappa shape index (κ2) is 6.16. The van der Waals surface area contributed by atoms with Crippen LogP contribution in [0.4, 0.5) is 0 Å². The first-order valence-corrected chi connectivity index (χ1v) is 6.88. The van der Waals surface area contributed by atoms with Gasteiger partial charge in [-0.15, -0.1) is 0 Å². The van der Waals surface area contributed by atoms with Crippen LogP contribution in [0.1, 0.15) is 31.3 Å². The van der Waals surface area contributed by atoms with Crippen LogP contribution in [-0.2, 0) is 13.2 Å². The van der Waals surface area contributed by atoms with Crippen LogP contribution < -0.4 is 4.74 Å². The molecule has 102 valence electrons. The molecule has 0 bridgehead atoms. The Labute approximate surface area is 120 Å². The molecule has 1 atom stereocenters. The molecular weight excluding hydrogens is 310 g/mol. The van der Waals surface area contributed by atoms with E-state index in [0.29, 0.717) is 12.4 Å². The van der Waals surface area contributed by atoms with E-state index in [1.807, 2.05) is 25.1 Å². The molecule has 1 aromatic heterocycles. The van der Waals surface area contributed by atoms with Crippen LogP contribution in [0, 0.1) is 0 Å². The third-order valence-electron chi connectivity index (χ3n) is 2.77. The Kier molecular flexibility index (Phi) is 4.55. The average Bonchev–Trinajstić information content (AvgIpc) is 2.84. The molecule has 1 unspecified atom stereocenters. The first kappa shape index (κ1) is 14.0. The molecule has 0 fully saturated rings. The van der Waals surface area contributed by atoms with Gasteiger partial charge in [-0.2, -0.15) is 5.10 Å². The normalized spacial score (nSPS) is 12.4. The Balaban J connectivity index is 2.15. The molecule has 1 N–H and O–H groups in total. The summed E-state index contributed by atoms with van der Waals surface area (Å²) in [5, 5.41) is 13.8. The Hall–Kier alpha value is -1.40. The van der Waals surface area contributed by atoms with Crippen molar-refractivity contribution in [3.8, 4) is 5.75 Å². The van der Waals surface area contributed by atoms with Gasteiger partial charge in [-0.25, -0.2) is 9.67 Å². The van der Waals surface area contributed by atoms with Crippen LogP contribution in [-0.4, -0.2) is 19.9 Å². The molecule has 2 rings (SSSR count). The fraction of sp³-hybridized carbons (Fsp3) is 0.385. The molecule has 1 aromatic carbocycles. The van der Waals surface area contributed by atoms with Crippen molar-refractivity contribution in [1.82, 2.24) is 14.8 Å². The summed E-state index contributed by atoms with van der Waals surface area (Å²) >= 11 is 3.38. The number of rotatable bonds is 5. The third-order valence-corrected chi connectivity index (χ3v) is 3.27. The van der Waals surface area contributed by atoms with Gasteiger partial charge in [0, 0.05) is 16.6 Å². The third kappa shape index (κ3) is 3.33. The molecule has 2 aromatic rings. The highest BCUT2D eigenvalue weighted by molar-refractivity contribution is 9.10. The first-order valence-electron chi connectivity index (χ1n) is 6.08. The van der Waals surface area contributed by atoms with Crippen LogP contribution in [0.15, 0.2) is 29.0 Å². The fourth-order valence-corrected chi connectivity index (χ4v) is 2.16. The predicted octanol–water partition coefficient (Wildman–Crippen LogP) is 2.69. The van der Waals surface area contributed by atoms with E-state index in [0.717, 1.165) is 22.4 Å². The summed E-state index contributed by atoms with van der Waals surface area (Å²) in [6.07, 6.45) is 0.927. The van der Waals surface area contributed by atoms with Gasteiger partial charge >= 0.3 is 0 Å². The van der Waals surface area contributed by atoms with Crippen LogP contribution in [0.5, 0.6) is 5.75 Å². The predicted molar refractivity (Wildman–Crippen MR) is 74.8 cm³/mol. The lowest BCUT2D eigenvalue weighted by Crippen LogP contribution is -2.08. The van der Waals surface area contributed by atoms with Crippen molar-refractivity contribution < 1.29 is 9.84 Å². The number of halogens is 1. The maximum absolute atomic E-state index is 9.75. The van der Waals surface area contributed by atoms with Gasteiger partial charge in [-0.3, -0.25) is 0 Å². The molecule has 1 heterocycles. The summed E-state index contributed by atoms with van der Waals surface area (Å²) in [6.45, 7) is 4.79. The van der Waals surface area contributed by atoms with Crippen molar-refractivity contribution in [3.05, 3.63) is 40.4 Å². The van der Waals surface area contributed by atoms with E-state index >= 15 is 0 Å². The SMILES string of the molecule is CCn1ncnc1COc1ccc(Br)cc1C(C)O. The number of aromatic nitrogens is 3. The molecule has 0 saturated heterocycles. The summed E-state index contributed by atoms with van der Waals surface area (Å²) in [4.78, 5) is 4.15. The minimum atomic E-state index is -0.587. The molecule has 5 nitrogen and oxygen atoms in total. The van der Waals surface area contributed by atoms with Gasteiger partial charge in [0.05, 0.1) is 6.10 Å². The summed E-state index contributed by atoms with van der Waals surface area (Å²) in [5.74, 6) is 1.42. The van der Waals surface area contributed by atoms with Crippen molar-refractivity contribution in [2.24, 2.45) is 0 Å². The second-order valence-corrected chi connectivity index (χ2v) is 5.05. The number of benzene rings is 1. The van der Waals surface area contributed by atoms with Crippen LogP contribution in [0.2, 0.25) is 0 Å². The van der Waals surface area contributed by atoms with E-state index in [2.05, 4.69) is 26.0 Å². The van der Waals surface area contributed by atoms with E-state index < -0.39 is 6.10 Å². The molecule has 0 saturated carbocycles. The van der Waals surface area contributed by atoms with Crippen molar-refractivity contribution >= 4 is 15.9 Å². The molecule has 19 heavy (non-hydrogen) atoms. The highest BCUT2D eigenvalue weighted by Gasteiger charge is 2.11. The molecular formula is C13H16BrN3O2. The Morgan fingerprint density at radius 2 is 2.26 bits per heavy atom. The first-order chi connectivity index (χ1) is 9.11. The summed E-state index contributed by atoms with van der Waals surface area (Å²) in [7, 11) is 0. The minimum Gasteiger partial charge on any atom is -0.485 e. The van der Waals surface area contributed by atoms with E-state index in [1.54, 1.807) is 11.6 Å². The van der Waals surface area contributed by atoms with Crippen molar-refractivity contribution in [2.75, 3.05) is 0 Å². The summed E-state index contributed by atoms with van der Waals surface area (Å²) < 4.78 is 8.42. The maximum atomic E-state index is 9.75. The van der Waals surface area contributed by atoms with E-state index in [9.17, 15) is 5.11 Å². The number of aliphatic hydroxyl groups is 1. The lowest BCUT2D eigenvalue weighted by Gasteiger charge is -2.13. The van der Waals surface area contributed by atoms with E-state index in [1.165, 1.54) is 6.33 Å². The smallest absolute Gasteiger partial charge is 0.164 e. The van der Waals surface area contributed by atoms with Gasteiger partial charge in [0.2, 0.25) is 0 Å². The van der Waals surface area contributed by atoms with Crippen LogP contribution in [0.25, 0.3) is 0 Å². The molecule has 0 aliphatic heterocycles. The zero-order chi connectivity index (χ0) is 13.8. The summed E-state index contributed by atoms with van der Waals surface area (Å²) in [5.41, 5.74) is 0.747. The number of hydrogen-bond acceptors (Lipinski definition) is 4. The maximum Gasteiger partial charge on any atom is 0.164 e. The van der Waals surface area contributed by atoms with Crippen LogP contribution >= 0.6 is 15.9 Å². The number of nitrogens with zero attached hydrogens (tertiary/aromatic N) is 3. The molecule has 0 amide bonds. The molecule has 6 heteroatoms. The molecule has 0 aliphatic rings. The molecule has 0 spiro atoms. The largest absolute Gasteiger partial charge is 0.485 e. The zero-order valence-corrected chi connectivity index (χ0v) is 12.5. The molecule has 0 radical (unpaired) electrons. The number of hydrogen-bond donors (Lipinski definition) is 1. The minimum absolute atomic E-state index is 0.329. The van der Waals surface area contributed by atoms with Gasteiger partial charge in [0.25, 0.3) is 0 Å². The Morgan fingerprint density at radius 3 is 2.95 bits per heavy atom.